The highest BCUT2D eigenvalue weighted by Crippen LogP contribution is 2.47. The largest absolute Gasteiger partial charge is 0.342 e. The van der Waals surface area contributed by atoms with Gasteiger partial charge in [0.25, 0.3) is 0 Å². The van der Waals surface area contributed by atoms with Crippen molar-refractivity contribution in [1.29, 1.82) is 0 Å². The number of likely N-dealkylation sites (tertiary alicyclic amines) is 1. The van der Waals surface area contributed by atoms with Gasteiger partial charge in [0.15, 0.2) is 5.78 Å². The number of hydrogen-bond donors (Lipinski definition) is 1. The Morgan fingerprint density at radius 3 is 2.50 bits per heavy atom. The van der Waals surface area contributed by atoms with Crippen LogP contribution in [0, 0.1) is 17.8 Å². The molecule has 0 bridgehead atoms. The first-order chi connectivity index (χ1) is 13.5. The number of carbonyl (C=O) groups excluding carboxylic acids is 2. The number of piperidine rings is 1. The monoisotopic (exact) mass is 380 g/mol. The summed E-state index contributed by atoms with van der Waals surface area (Å²) in [6.07, 6.45) is 4.86. The van der Waals surface area contributed by atoms with E-state index >= 15 is 0 Å². The minimum absolute atomic E-state index is 0.0178. The second-order valence-corrected chi connectivity index (χ2v) is 8.58. The van der Waals surface area contributed by atoms with Gasteiger partial charge in [0, 0.05) is 36.4 Å². The molecule has 1 aromatic heterocycles. The van der Waals surface area contributed by atoms with Gasteiger partial charge in [-0.25, -0.2) is 4.98 Å². The van der Waals surface area contributed by atoms with Crippen LogP contribution in [0.2, 0.25) is 0 Å². The second kappa shape index (κ2) is 7.86. The van der Waals surface area contributed by atoms with Crippen LogP contribution in [-0.4, -0.2) is 44.9 Å². The summed E-state index contributed by atoms with van der Waals surface area (Å²) in [6.45, 7) is 5.73. The molecule has 0 radical (unpaired) electrons. The lowest BCUT2D eigenvalue weighted by Gasteiger charge is -2.31. The van der Waals surface area contributed by atoms with Crippen LogP contribution in [-0.2, 0) is 11.2 Å². The number of ketones is 1. The Morgan fingerprint density at radius 1 is 1.18 bits per heavy atom. The van der Waals surface area contributed by atoms with Gasteiger partial charge in [0.05, 0.1) is 0 Å². The molecule has 1 aromatic carbocycles. The van der Waals surface area contributed by atoms with Crippen molar-refractivity contribution in [2.75, 3.05) is 13.1 Å². The number of nitrogens with one attached hydrogen (secondary N) is 1. The molecule has 2 aromatic rings. The van der Waals surface area contributed by atoms with Gasteiger partial charge < -0.3 is 4.90 Å². The summed E-state index contributed by atoms with van der Waals surface area (Å²) in [7, 11) is 0. The lowest BCUT2D eigenvalue weighted by molar-refractivity contribution is -0.133. The van der Waals surface area contributed by atoms with E-state index < -0.39 is 0 Å². The lowest BCUT2D eigenvalue weighted by atomic mass is 9.88. The summed E-state index contributed by atoms with van der Waals surface area (Å²) >= 11 is 0. The number of amides is 1. The predicted octanol–water partition coefficient (Wildman–Crippen LogP) is 3.23. The zero-order chi connectivity index (χ0) is 19.7. The van der Waals surface area contributed by atoms with E-state index in [0.29, 0.717) is 19.0 Å². The van der Waals surface area contributed by atoms with Gasteiger partial charge in [-0.15, -0.1) is 0 Å². The molecule has 1 aliphatic heterocycles. The van der Waals surface area contributed by atoms with Crippen molar-refractivity contribution in [3.63, 3.8) is 0 Å². The molecule has 148 valence electrons. The van der Waals surface area contributed by atoms with E-state index in [2.05, 4.69) is 41.2 Å². The van der Waals surface area contributed by atoms with Gasteiger partial charge in [-0.2, -0.15) is 5.10 Å². The van der Waals surface area contributed by atoms with E-state index in [0.717, 1.165) is 37.1 Å². The van der Waals surface area contributed by atoms with Crippen LogP contribution in [0.5, 0.6) is 0 Å². The number of carbonyl (C=O) groups is 2. The molecule has 4 rings (SSSR count). The van der Waals surface area contributed by atoms with Gasteiger partial charge in [-0.1, -0.05) is 38.1 Å². The van der Waals surface area contributed by atoms with E-state index in [4.69, 9.17) is 0 Å². The van der Waals surface area contributed by atoms with Crippen LogP contribution in [0.25, 0.3) is 0 Å². The van der Waals surface area contributed by atoms with Crippen LogP contribution in [0.4, 0.5) is 0 Å². The average Bonchev–Trinajstić information content (AvgIpc) is 3.31. The lowest BCUT2D eigenvalue weighted by Crippen LogP contribution is -2.41. The number of rotatable bonds is 6. The van der Waals surface area contributed by atoms with Crippen LogP contribution >= 0.6 is 0 Å². The first-order valence-electron chi connectivity index (χ1n) is 10.3. The Labute approximate surface area is 165 Å². The number of nitrogens with zero attached hydrogens (tertiary/aromatic N) is 3. The molecule has 0 unspecified atom stereocenters. The molecular formula is C22H28N4O2. The van der Waals surface area contributed by atoms with Crippen molar-refractivity contribution in [3.8, 4) is 0 Å². The minimum atomic E-state index is 0.0178. The standard InChI is InChI=1S/C22H28N4O2/c1-14(2)11-15-3-5-16(6-4-15)20(27)17-7-9-26(10-8-17)22(28)19-12-18(19)21-23-13-24-25-21/h3-6,13-14,17-19H,7-12H2,1-2H3,(H,23,24,25)/t18-,19+/m0/s1. The Hall–Kier alpha value is -2.50. The van der Waals surface area contributed by atoms with Gasteiger partial charge >= 0.3 is 0 Å². The molecule has 2 atom stereocenters. The fourth-order valence-electron chi connectivity index (χ4n) is 4.27. The topological polar surface area (TPSA) is 79.0 Å². The van der Waals surface area contributed by atoms with E-state index in [1.807, 2.05) is 17.0 Å². The number of aromatic amines is 1. The third kappa shape index (κ3) is 4.01. The fourth-order valence-corrected chi connectivity index (χ4v) is 4.27. The summed E-state index contributed by atoms with van der Waals surface area (Å²) < 4.78 is 0. The zero-order valence-electron chi connectivity index (χ0n) is 16.6. The van der Waals surface area contributed by atoms with Gasteiger partial charge in [0.2, 0.25) is 5.91 Å². The fraction of sp³-hybridized carbons (Fsp3) is 0.545. The first kappa shape index (κ1) is 18.8. The molecule has 1 N–H and O–H groups in total. The van der Waals surface area contributed by atoms with Crippen molar-refractivity contribution in [3.05, 3.63) is 47.5 Å². The van der Waals surface area contributed by atoms with E-state index in [-0.39, 0.29) is 29.4 Å². The minimum Gasteiger partial charge on any atom is -0.342 e. The molecule has 2 heterocycles. The second-order valence-electron chi connectivity index (χ2n) is 8.58. The maximum absolute atomic E-state index is 12.8. The molecule has 1 saturated heterocycles. The van der Waals surface area contributed by atoms with Crippen LogP contribution < -0.4 is 0 Å². The molecule has 2 fully saturated rings. The summed E-state index contributed by atoms with van der Waals surface area (Å²) in [5.74, 6) is 2.05. The van der Waals surface area contributed by atoms with Gasteiger partial charge in [0.1, 0.15) is 12.2 Å². The maximum Gasteiger partial charge on any atom is 0.226 e. The number of aromatic nitrogens is 3. The number of H-pyrrole nitrogens is 1. The van der Waals surface area contributed by atoms with Crippen molar-refractivity contribution in [2.24, 2.45) is 17.8 Å². The molecule has 1 saturated carbocycles. The van der Waals surface area contributed by atoms with Crippen molar-refractivity contribution in [2.45, 2.75) is 45.4 Å². The highest BCUT2D eigenvalue weighted by molar-refractivity contribution is 5.98. The molecule has 0 spiro atoms. The normalized spacial score (nSPS) is 22.5. The molecule has 28 heavy (non-hydrogen) atoms. The van der Waals surface area contributed by atoms with Crippen molar-refractivity contribution >= 4 is 11.7 Å². The Balaban J connectivity index is 1.29. The molecule has 1 amide bonds. The highest BCUT2D eigenvalue weighted by atomic mass is 16.2. The van der Waals surface area contributed by atoms with Crippen LogP contribution in [0.15, 0.2) is 30.6 Å². The number of hydrogen-bond acceptors (Lipinski definition) is 4. The summed E-state index contributed by atoms with van der Waals surface area (Å²) in [5, 5.41) is 6.73. The van der Waals surface area contributed by atoms with Crippen molar-refractivity contribution < 1.29 is 9.59 Å². The third-order valence-electron chi connectivity index (χ3n) is 5.95. The molecule has 6 heteroatoms. The van der Waals surface area contributed by atoms with Crippen LogP contribution in [0.3, 0.4) is 0 Å². The summed E-state index contributed by atoms with van der Waals surface area (Å²) in [6, 6.07) is 8.07. The summed E-state index contributed by atoms with van der Waals surface area (Å²) in [4.78, 5) is 31.6. The van der Waals surface area contributed by atoms with E-state index in [1.165, 1.54) is 11.9 Å². The first-order valence-corrected chi connectivity index (χ1v) is 10.3. The maximum atomic E-state index is 12.8. The Morgan fingerprint density at radius 2 is 1.89 bits per heavy atom. The quantitative estimate of drug-likeness (QED) is 0.781. The Kier molecular flexibility index (Phi) is 5.29. The van der Waals surface area contributed by atoms with E-state index in [9.17, 15) is 9.59 Å². The highest BCUT2D eigenvalue weighted by Gasteiger charge is 2.48. The van der Waals surface area contributed by atoms with Gasteiger partial charge in [-0.3, -0.25) is 14.7 Å². The summed E-state index contributed by atoms with van der Waals surface area (Å²) in [5.41, 5.74) is 2.07. The van der Waals surface area contributed by atoms with Crippen LogP contribution in [0.1, 0.15) is 60.8 Å². The SMILES string of the molecule is CC(C)Cc1ccc(C(=O)C2CCN(C(=O)[C@@H]3C[C@@H]3c3ncn[nH]3)CC2)cc1. The molecular weight excluding hydrogens is 352 g/mol. The average molecular weight is 380 g/mol. The smallest absolute Gasteiger partial charge is 0.226 e. The van der Waals surface area contributed by atoms with Crippen molar-refractivity contribution in [1.82, 2.24) is 20.1 Å². The molecule has 6 nitrogen and oxygen atoms in total. The molecule has 1 aliphatic carbocycles. The number of benzene rings is 1. The number of Topliss-reactive ketones (excluding diaryl/α,β-unsaturated/α-hetero) is 1. The van der Waals surface area contributed by atoms with E-state index in [1.54, 1.807) is 0 Å². The Bertz CT molecular complexity index is 821. The van der Waals surface area contributed by atoms with Gasteiger partial charge in [-0.05, 0) is 37.2 Å². The molecule has 2 aliphatic rings. The predicted molar refractivity (Wildman–Crippen MR) is 106 cm³/mol. The zero-order valence-corrected chi connectivity index (χ0v) is 16.6. The third-order valence-corrected chi connectivity index (χ3v) is 5.95.